The minimum Gasteiger partial charge on any atom is -0.361 e. The van der Waals surface area contributed by atoms with Gasteiger partial charge < -0.3 is 4.98 Å². The number of fused-ring (bicyclic) bond motifs is 1. The summed E-state index contributed by atoms with van der Waals surface area (Å²) < 4.78 is 1.12. The second-order valence-corrected chi connectivity index (χ2v) is 8.53. The minimum absolute atomic E-state index is 0.101. The van der Waals surface area contributed by atoms with Crippen LogP contribution >= 0.6 is 15.9 Å². The van der Waals surface area contributed by atoms with Crippen LogP contribution in [-0.4, -0.2) is 28.8 Å². The molecule has 0 amide bonds. The van der Waals surface area contributed by atoms with Crippen LogP contribution in [0.2, 0.25) is 0 Å². The fourth-order valence-corrected chi connectivity index (χ4v) is 4.74. The lowest BCUT2D eigenvalue weighted by Gasteiger charge is -2.36. The second-order valence-electron chi connectivity index (χ2n) is 7.61. The molecule has 2 aromatic carbocycles. The first-order chi connectivity index (χ1) is 13.1. The highest BCUT2D eigenvalue weighted by Gasteiger charge is 2.29. The molecule has 0 bridgehead atoms. The van der Waals surface area contributed by atoms with Gasteiger partial charge >= 0.3 is 0 Å². The number of aromatic amines is 1. The van der Waals surface area contributed by atoms with Crippen molar-refractivity contribution in [1.29, 1.82) is 0 Å². The first-order valence-corrected chi connectivity index (χ1v) is 10.5. The van der Waals surface area contributed by atoms with Crippen molar-refractivity contribution in [3.05, 3.63) is 70.3 Å². The maximum Gasteiger partial charge on any atom is 0.151 e. The number of likely N-dealkylation sites (tertiary alicyclic amines) is 1. The number of carbonyl (C=O) groups is 1. The van der Waals surface area contributed by atoms with E-state index in [2.05, 4.69) is 62.3 Å². The van der Waals surface area contributed by atoms with Gasteiger partial charge in [0.15, 0.2) is 5.78 Å². The van der Waals surface area contributed by atoms with E-state index in [0.29, 0.717) is 5.92 Å². The van der Waals surface area contributed by atoms with Crippen LogP contribution in [0, 0.1) is 5.92 Å². The molecule has 0 radical (unpaired) electrons. The summed E-state index contributed by atoms with van der Waals surface area (Å²) in [5.74, 6) is 0.906. The maximum absolute atomic E-state index is 12.3. The molecule has 4 rings (SSSR count). The first-order valence-electron chi connectivity index (χ1n) is 9.67. The van der Waals surface area contributed by atoms with Gasteiger partial charge in [-0.3, -0.25) is 9.69 Å². The van der Waals surface area contributed by atoms with Gasteiger partial charge in [-0.15, -0.1) is 0 Å². The fourth-order valence-electron chi connectivity index (χ4n) is 4.38. The van der Waals surface area contributed by atoms with E-state index in [9.17, 15) is 4.79 Å². The highest BCUT2D eigenvalue weighted by atomic mass is 79.9. The SMILES string of the molecule is CC(=O)C(c1ccccc1)N1CCC(Cc2c[nH]c3ccc(Br)cc23)CC1. The normalized spacial score (nSPS) is 17.3. The Morgan fingerprint density at radius 3 is 2.63 bits per heavy atom. The number of rotatable bonds is 5. The average Bonchev–Trinajstić information content (AvgIpc) is 3.06. The molecule has 3 nitrogen and oxygen atoms in total. The second kappa shape index (κ2) is 7.99. The molecule has 2 heterocycles. The number of hydrogen-bond donors (Lipinski definition) is 1. The Balaban J connectivity index is 1.44. The molecular weight excluding hydrogens is 400 g/mol. The Morgan fingerprint density at radius 1 is 1.19 bits per heavy atom. The maximum atomic E-state index is 12.3. The van der Waals surface area contributed by atoms with E-state index < -0.39 is 0 Å². The zero-order chi connectivity index (χ0) is 18.8. The molecule has 1 saturated heterocycles. The molecule has 1 N–H and O–H groups in total. The van der Waals surface area contributed by atoms with E-state index in [1.807, 2.05) is 18.2 Å². The summed E-state index contributed by atoms with van der Waals surface area (Å²) in [5.41, 5.74) is 3.72. The van der Waals surface area contributed by atoms with Crippen LogP contribution in [-0.2, 0) is 11.2 Å². The van der Waals surface area contributed by atoms with E-state index in [4.69, 9.17) is 0 Å². The molecule has 1 atom stereocenters. The number of nitrogens with zero attached hydrogens (tertiary/aromatic N) is 1. The summed E-state index contributed by atoms with van der Waals surface area (Å²) in [4.78, 5) is 18.1. The van der Waals surface area contributed by atoms with Crippen molar-refractivity contribution in [2.75, 3.05) is 13.1 Å². The molecule has 1 unspecified atom stereocenters. The molecule has 0 aliphatic carbocycles. The molecular formula is C23H25BrN2O. The molecule has 4 heteroatoms. The molecule has 1 aliphatic heterocycles. The number of aromatic nitrogens is 1. The van der Waals surface area contributed by atoms with E-state index in [0.717, 1.165) is 42.4 Å². The van der Waals surface area contributed by atoms with Crippen molar-refractivity contribution in [1.82, 2.24) is 9.88 Å². The minimum atomic E-state index is -0.101. The van der Waals surface area contributed by atoms with E-state index in [1.54, 1.807) is 6.92 Å². The van der Waals surface area contributed by atoms with Crippen LogP contribution in [0.25, 0.3) is 10.9 Å². The van der Waals surface area contributed by atoms with Crippen LogP contribution < -0.4 is 0 Å². The van der Waals surface area contributed by atoms with Crippen LogP contribution in [0.1, 0.15) is 36.9 Å². The molecule has 0 spiro atoms. The quantitative estimate of drug-likeness (QED) is 0.585. The Kier molecular flexibility index (Phi) is 5.46. The fraction of sp³-hybridized carbons (Fsp3) is 0.348. The Morgan fingerprint density at radius 2 is 1.93 bits per heavy atom. The molecule has 3 aromatic rings. The number of hydrogen-bond acceptors (Lipinski definition) is 2. The third-order valence-electron chi connectivity index (χ3n) is 5.75. The van der Waals surface area contributed by atoms with Gasteiger partial charge in [0.05, 0.1) is 6.04 Å². The van der Waals surface area contributed by atoms with Crippen molar-refractivity contribution < 1.29 is 4.79 Å². The van der Waals surface area contributed by atoms with Crippen molar-refractivity contribution in [2.24, 2.45) is 5.92 Å². The Labute approximate surface area is 168 Å². The number of piperidine rings is 1. The van der Waals surface area contributed by atoms with E-state index >= 15 is 0 Å². The number of ketones is 1. The molecule has 1 aromatic heterocycles. The van der Waals surface area contributed by atoms with Gasteiger partial charge in [-0.25, -0.2) is 0 Å². The summed E-state index contributed by atoms with van der Waals surface area (Å²) in [5, 5.41) is 1.32. The third kappa shape index (κ3) is 4.02. The highest BCUT2D eigenvalue weighted by Crippen LogP contribution is 2.31. The summed E-state index contributed by atoms with van der Waals surface area (Å²) in [7, 11) is 0. The molecule has 0 saturated carbocycles. The average molecular weight is 425 g/mol. The summed E-state index contributed by atoms with van der Waals surface area (Å²) in [6, 6.07) is 16.5. The summed E-state index contributed by atoms with van der Waals surface area (Å²) in [6.07, 6.45) is 5.53. The van der Waals surface area contributed by atoms with Gasteiger partial charge in [0.25, 0.3) is 0 Å². The lowest BCUT2D eigenvalue weighted by Crippen LogP contribution is -2.39. The smallest absolute Gasteiger partial charge is 0.151 e. The van der Waals surface area contributed by atoms with E-state index in [1.165, 1.54) is 16.5 Å². The lowest BCUT2D eigenvalue weighted by atomic mass is 9.88. The van der Waals surface area contributed by atoms with Crippen molar-refractivity contribution >= 4 is 32.6 Å². The number of benzene rings is 2. The van der Waals surface area contributed by atoms with Gasteiger partial charge in [-0.1, -0.05) is 46.3 Å². The van der Waals surface area contributed by atoms with Gasteiger partial charge in [-0.05, 0) is 74.5 Å². The van der Waals surface area contributed by atoms with Gasteiger partial charge in [-0.2, -0.15) is 0 Å². The standard InChI is InChI=1S/C23H25BrN2O/c1-16(27)23(18-5-3-2-4-6-18)26-11-9-17(10-12-26)13-19-15-25-22-8-7-20(24)14-21(19)22/h2-8,14-15,17,23,25H,9-13H2,1H3. The van der Waals surface area contributed by atoms with Crippen molar-refractivity contribution in [2.45, 2.75) is 32.2 Å². The van der Waals surface area contributed by atoms with Crippen LogP contribution in [0.5, 0.6) is 0 Å². The zero-order valence-electron chi connectivity index (χ0n) is 15.6. The Hall–Kier alpha value is -1.91. The third-order valence-corrected chi connectivity index (χ3v) is 6.25. The number of carbonyl (C=O) groups excluding carboxylic acids is 1. The zero-order valence-corrected chi connectivity index (χ0v) is 17.2. The topological polar surface area (TPSA) is 36.1 Å². The lowest BCUT2D eigenvalue weighted by molar-refractivity contribution is -0.123. The first kappa shape index (κ1) is 18.5. The number of halogens is 1. The van der Waals surface area contributed by atoms with Crippen molar-refractivity contribution in [3.8, 4) is 0 Å². The summed E-state index contributed by atoms with van der Waals surface area (Å²) >= 11 is 3.58. The van der Waals surface area contributed by atoms with Crippen molar-refractivity contribution in [3.63, 3.8) is 0 Å². The largest absolute Gasteiger partial charge is 0.361 e. The Bertz CT molecular complexity index is 926. The molecule has 1 aliphatic rings. The van der Waals surface area contributed by atoms with E-state index in [-0.39, 0.29) is 11.8 Å². The van der Waals surface area contributed by atoms with Gasteiger partial charge in [0, 0.05) is 21.6 Å². The highest BCUT2D eigenvalue weighted by molar-refractivity contribution is 9.10. The number of Topliss-reactive ketones (excluding diaryl/α,β-unsaturated/α-hetero) is 1. The van der Waals surface area contributed by atoms with Crippen LogP contribution in [0.15, 0.2) is 59.2 Å². The molecule has 140 valence electrons. The predicted molar refractivity (Wildman–Crippen MR) is 114 cm³/mol. The monoisotopic (exact) mass is 424 g/mol. The molecule has 1 fully saturated rings. The van der Waals surface area contributed by atoms with Crippen LogP contribution in [0.4, 0.5) is 0 Å². The predicted octanol–water partition coefficient (Wildman–Crippen LogP) is 5.52. The number of H-pyrrole nitrogens is 1. The molecule has 27 heavy (non-hydrogen) atoms. The van der Waals surface area contributed by atoms with Gasteiger partial charge in [0.2, 0.25) is 0 Å². The van der Waals surface area contributed by atoms with Gasteiger partial charge in [0.1, 0.15) is 0 Å². The summed E-state index contributed by atoms with van der Waals surface area (Å²) in [6.45, 7) is 3.68. The number of nitrogens with one attached hydrogen (secondary N) is 1. The van der Waals surface area contributed by atoms with Crippen LogP contribution in [0.3, 0.4) is 0 Å².